The van der Waals surface area contributed by atoms with E-state index in [1.807, 2.05) is 39.0 Å². The Morgan fingerprint density at radius 3 is 2.60 bits per heavy atom. The molecule has 0 N–H and O–H groups in total. The first-order valence-electron chi connectivity index (χ1n) is 8.24. The topological polar surface area (TPSA) is 63.7 Å². The number of hydrogen-bond donors (Lipinski definition) is 0. The normalized spacial score (nSPS) is 10.7. The average molecular weight is 332 g/mol. The van der Waals surface area contributed by atoms with Crippen molar-refractivity contribution in [2.75, 3.05) is 0 Å². The summed E-state index contributed by atoms with van der Waals surface area (Å²) in [7, 11) is 0. The average Bonchev–Trinajstić information content (AvgIpc) is 2.91. The van der Waals surface area contributed by atoms with Gasteiger partial charge in [0.2, 0.25) is 5.88 Å². The molecule has 0 aliphatic heterocycles. The highest BCUT2D eigenvalue weighted by atomic mass is 16.5. The number of pyridine rings is 1. The Kier molecular flexibility index (Phi) is 4.80. The lowest BCUT2D eigenvalue weighted by Gasteiger charge is -2.09. The number of ether oxygens (including phenoxy) is 1. The van der Waals surface area contributed by atoms with Gasteiger partial charge in [0, 0.05) is 18.2 Å². The van der Waals surface area contributed by atoms with Gasteiger partial charge in [-0.25, -0.2) is 9.67 Å². The third-order valence-corrected chi connectivity index (χ3v) is 3.88. The quantitative estimate of drug-likeness (QED) is 0.712. The fourth-order valence-electron chi connectivity index (χ4n) is 2.69. The van der Waals surface area contributed by atoms with Crippen LogP contribution in [0.4, 0.5) is 0 Å². The van der Waals surface area contributed by atoms with E-state index >= 15 is 0 Å². The van der Waals surface area contributed by atoms with Crippen LogP contribution in [0, 0.1) is 18.3 Å². The van der Waals surface area contributed by atoms with Gasteiger partial charge in [-0.3, -0.25) is 0 Å². The Morgan fingerprint density at radius 2 is 1.92 bits per heavy atom. The second-order valence-electron chi connectivity index (χ2n) is 6.10. The highest BCUT2D eigenvalue weighted by molar-refractivity contribution is 5.47. The summed E-state index contributed by atoms with van der Waals surface area (Å²) >= 11 is 0. The highest BCUT2D eigenvalue weighted by Gasteiger charge is 2.20. The lowest BCUT2D eigenvalue weighted by Crippen LogP contribution is -2.08. The SMILES string of the molecule is Cc1c(Cc2ccccc2)c(OC(C)C)nn1-c1ncccc1C#N. The maximum Gasteiger partial charge on any atom is 0.237 e. The van der Waals surface area contributed by atoms with E-state index in [-0.39, 0.29) is 6.10 Å². The van der Waals surface area contributed by atoms with Crippen molar-refractivity contribution in [3.63, 3.8) is 0 Å². The van der Waals surface area contributed by atoms with E-state index in [9.17, 15) is 5.26 Å². The van der Waals surface area contributed by atoms with Gasteiger partial charge >= 0.3 is 0 Å². The number of aromatic nitrogens is 3. The molecule has 3 rings (SSSR count). The fraction of sp³-hybridized carbons (Fsp3) is 0.250. The molecule has 0 saturated carbocycles. The Morgan fingerprint density at radius 1 is 1.16 bits per heavy atom. The Balaban J connectivity index is 2.11. The number of nitriles is 1. The molecule has 0 unspecified atom stereocenters. The Hall–Kier alpha value is -3.13. The van der Waals surface area contributed by atoms with Crippen LogP contribution < -0.4 is 4.74 Å². The van der Waals surface area contributed by atoms with Gasteiger partial charge < -0.3 is 4.74 Å². The van der Waals surface area contributed by atoms with E-state index in [0.29, 0.717) is 23.7 Å². The summed E-state index contributed by atoms with van der Waals surface area (Å²) in [4.78, 5) is 4.34. The van der Waals surface area contributed by atoms with Crippen molar-refractivity contribution in [3.05, 3.63) is 71.0 Å². The van der Waals surface area contributed by atoms with Crippen molar-refractivity contribution in [2.24, 2.45) is 0 Å². The summed E-state index contributed by atoms with van der Waals surface area (Å²) in [6.07, 6.45) is 2.39. The van der Waals surface area contributed by atoms with Crippen LogP contribution >= 0.6 is 0 Å². The molecule has 2 heterocycles. The summed E-state index contributed by atoms with van der Waals surface area (Å²) in [5, 5.41) is 14.0. The van der Waals surface area contributed by atoms with Gasteiger partial charge in [-0.05, 0) is 38.5 Å². The van der Waals surface area contributed by atoms with Crippen LogP contribution in [-0.2, 0) is 6.42 Å². The molecule has 5 heteroatoms. The highest BCUT2D eigenvalue weighted by Crippen LogP contribution is 2.27. The summed E-state index contributed by atoms with van der Waals surface area (Å²) in [6, 6.07) is 15.9. The van der Waals surface area contributed by atoms with Crippen LogP contribution in [0.15, 0.2) is 48.7 Å². The van der Waals surface area contributed by atoms with Gasteiger partial charge in [0.05, 0.1) is 17.4 Å². The second kappa shape index (κ2) is 7.18. The zero-order chi connectivity index (χ0) is 17.8. The lowest BCUT2D eigenvalue weighted by atomic mass is 10.1. The smallest absolute Gasteiger partial charge is 0.237 e. The minimum atomic E-state index is 0.0106. The van der Waals surface area contributed by atoms with Crippen LogP contribution in [0.1, 0.15) is 36.2 Å². The van der Waals surface area contributed by atoms with Crippen molar-refractivity contribution in [1.82, 2.24) is 14.8 Å². The van der Waals surface area contributed by atoms with Crippen molar-refractivity contribution in [3.8, 4) is 17.8 Å². The predicted molar refractivity (Wildman–Crippen MR) is 95.8 cm³/mol. The minimum absolute atomic E-state index is 0.0106. The predicted octanol–water partition coefficient (Wildman–Crippen LogP) is 3.83. The van der Waals surface area contributed by atoms with Gasteiger partial charge in [0.25, 0.3) is 0 Å². The van der Waals surface area contributed by atoms with Gasteiger partial charge in [0.1, 0.15) is 6.07 Å². The number of hydrogen-bond acceptors (Lipinski definition) is 4. The van der Waals surface area contributed by atoms with Crippen LogP contribution in [0.2, 0.25) is 0 Å². The van der Waals surface area contributed by atoms with E-state index in [0.717, 1.165) is 11.3 Å². The van der Waals surface area contributed by atoms with Gasteiger partial charge in [0.15, 0.2) is 5.82 Å². The van der Waals surface area contributed by atoms with Crippen LogP contribution in [-0.4, -0.2) is 20.9 Å². The molecule has 0 atom stereocenters. The Bertz CT molecular complexity index is 907. The molecular formula is C20H20N4O. The molecule has 25 heavy (non-hydrogen) atoms. The number of nitrogens with zero attached hydrogens (tertiary/aromatic N) is 4. The van der Waals surface area contributed by atoms with E-state index in [2.05, 4.69) is 28.3 Å². The first-order valence-corrected chi connectivity index (χ1v) is 8.24. The maximum absolute atomic E-state index is 9.37. The molecule has 3 aromatic rings. The van der Waals surface area contributed by atoms with Gasteiger partial charge in [-0.1, -0.05) is 30.3 Å². The molecule has 0 radical (unpaired) electrons. The second-order valence-corrected chi connectivity index (χ2v) is 6.10. The number of rotatable bonds is 5. The molecular weight excluding hydrogens is 312 g/mol. The molecule has 0 aliphatic rings. The standard InChI is InChI=1S/C20H20N4O/c1-14(2)25-20-18(12-16-8-5-4-6-9-16)15(3)24(23-20)19-17(13-21)10-7-11-22-19/h4-11,14H,12H2,1-3H3. The number of benzene rings is 1. The first kappa shape index (κ1) is 16.7. The molecule has 0 bridgehead atoms. The van der Waals surface area contributed by atoms with E-state index < -0.39 is 0 Å². The first-order chi connectivity index (χ1) is 12.1. The molecule has 126 valence electrons. The molecule has 0 saturated heterocycles. The van der Waals surface area contributed by atoms with E-state index in [4.69, 9.17) is 4.74 Å². The van der Waals surface area contributed by atoms with Crippen molar-refractivity contribution < 1.29 is 4.74 Å². The van der Waals surface area contributed by atoms with Gasteiger partial charge in [-0.2, -0.15) is 5.26 Å². The molecule has 5 nitrogen and oxygen atoms in total. The molecule has 0 aliphatic carbocycles. The monoisotopic (exact) mass is 332 g/mol. The van der Waals surface area contributed by atoms with Crippen LogP contribution in [0.25, 0.3) is 5.82 Å². The van der Waals surface area contributed by atoms with Gasteiger partial charge in [-0.15, -0.1) is 5.10 Å². The summed E-state index contributed by atoms with van der Waals surface area (Å²) in [6.45, 7) is 5.93. The molecule has 1 aromatic carbocycles. The van der Waals surface area contributed by atoms with Crippen LogP contribution in [0.3, 0.4) is 0 Å². The molecule has 0 amide bonds. The van der Waals surface area contributed by atoms with E-state index in [1.54, 1.807) is 23.0 Å². The summed E-state index contributed by atoms with van der Waals surface area (Å²) in [5.41, 5.74) is 3.60. The minimum Gasteiger partial charge on any atom is -0.474 e. The summed E-state index contributed by atoms with van der Waals surface area (Å²) < 4.78 is 7.63. The van der Waals surface area contributed by atoms with Crippen molar-refractivity contribution >= 4 is 0 Å². The molecule has 0 spiro atoms. The molecule has 2 aromatic heterocycles. The third-order valence-electron chi connectivity index (χ3n) is 3.88. The van der Waals surface area contributed by atoms with Crippen molar-refractivity contribution in [1.29, 1.82) is 5.26 Å². The Labute approximate surface area is 147 Å². The van der Waals surface area contributed by atoms with E-state index in [1.165, 1.54) is 5.56 Å². The lowest BCUT2D eigenvalue weighted by molar-refractivity contribution is 0.229. The van der Waals surface area contributed by atoms with Crippen LogP contribution in [0.5, 0.6) is 5.88 Å². The van der Waals surface area contributed by atoms with Crippen molar-refractivity contribution in [2.45, 2.75) is 33.3 Å². The third kappa shape index (κ3) is 3.53. The zero-order valence-corrected chi connectivity index (χ0v) is 14.6. The molecule has 0 fully saturated rings. The maximum atomic E-state index is 9.37. The zero-order valence-electron chi connectivity index (χ0n) is 14.6. The largest absolute Gasteiger partial charge is 0.474 e. The fourth-order valence-corrected chi connectivity index (χ4v) is 2.69. The summed E-state index contributed by atoms with van der Waals surface area (Å²) in [5.74, 6) is 1.11.